The Morgan fingerprint density at radius 2 is 1.75 bits per heavy atom. The van der Waals surface area contributed by atoms with Crippen LogP contribution in [-0.2, 0) is 25.8 Å². The van der Waals surface area contributed by atoms with Gasteiger partial charge in [-0.2, -0.15) is 0 Å². The lowest BCUT2D eigenvalue weighted by Crippen LogP contribution is -2.41. The molecule has 0 atom stereocenters. The summed E-state index contributed by atoms with van der Waals surface area (Å²) in [7, 11) is 1.34. The van der Waals surface area contributed by atoms with Gasteiger partial charge < -0.3 is 4.74 Å². The zero-order valence-electron chi connectivity index (χ0n) is 12.6. The Bertz CT molecular complexity index is 573. The monoisotopic (exact) mass is 274 g/mol. The topological polar surface area (TPSA) is 49.4 Å². The molecule has 1 heterocycles. The molecule has 0 N–H and O–H groups in total. The molecule has 0 saturated carbocycles. The Morgan fingerprint density at radius 3 is 2.35 bits per heavy atom. The number of hydrogen-bond acceptors (Lipinski definition) is 3. The lowest BCUT2D eigenvalue weighted by Gasteiger charge is -2.32. The van der Waals surface area contributed by atoms with Crippen LogP contribution in [0.5, 0.6) is 0 Å². The van der Waals surface area contributed by atoms with E-state index in [1.54, 1.807) is 6.08 Å². The first-order valence-corrected chi connectivity index (χ1v) is 6.60. The second-order valence-corrected chi connectivity index (χ2v) is 6.07. The van der Waals surface area contributed by atoms with Crippen molar-refractivity contribution >= 4 is 12.0 Å². The van der Waals surface area contributed by atoms with Gasteiger partial charge in [0.2, 0.25) is 0 Å². The fourth-order valence-corrected chi connectivity index (χ4v) is 2.86. The number of benzene rings is 1. The highest BCUT2D eigenvalue weighted by Gasteiger charge is 2.49. The van der Waals surface area contributed by atoms with Gasteiger partial charge in [-0.3, -0.25) is 0 Å². The maximum Gasteiger partial charge on any atom is 0.330 e. The molecule has 1 radical (unpaired) electrons. The number of methoxy groups -OCH3 is 1. The molecular weight excluding hydrogens is 254 g/mol. The van der Waals surface area contributed by atoms with Crippen molar-refractivity contribution in [2.45, 2.75) is 38.8 Å². The van der Waals surface area contributed by atoms with Gasteiger partial charge >= 0.3 is 5.97 Å². The van der Waals surface area contributed by atoms with E-state index in [1.807, 2.05) is 45.9 Å². The molecule has 0 bridgehead atoms. The fourth-order valence-electron chi connectivity index (χ4n) is 2.86. The van der Waals surface area contributed by atoms with Crippen LogP contribution in [0.3, 0.4) is 0 Å². The SMILES string of the molecule is COC(=O)/C=C/c1ccc2c(c1)C(C)(C)N([O])C2(C)C. The number of fused-ring (bicyclic) bond motifs is 1. The van der Waals surface area contributed by atoms with E-state index in [9.17, 15) is 10.0 Å². The van der Waals surface area contributed by atoms with Crippen LogP contribution in [0.2, 0.25) is 0 Å². The van der Waals surface area contributed by atoms with Crippen molar-refractivity contribution in [3.05, 3.63) is 41.0 Å². The fraction of sp³-hybridized carbons (Fsp3) is 0.438. The largest absolute Gasteiger partial charge is 0.466 e. The first kappa shape index (κ1) is 14.8. The summed E-state index contributed by atoms with van der Waals surface area (Å²) in [5.41, 5.74) is 1.81. The Balaban J connectivity index is 2.46. The van der Waals surface area contributed by atoms with Crippen molar-refractivity contribution in [3.8, 4) is 0 Å². The van der Waals surface area contributed by atoms with E-state index in [0.29, 0.717) is 0 Å². The van der Waals surface area contributed by atoms with Crippen LogP contribution < -0.4 is 0 Å². The Morgan fingerprint density at radius 1 is 1.15 bits per heavy atom. The molecule has 1 aromatic rings. The molecule has 4 heteroatoms. The molecule has 2 rings (SSSR count). The van der Waals surface area contributed by atoms with Crippen molar-refractivity contribution in [1.82, 2.24) is 5.06 Å². The zero-order chi connectivity index (χ0) is 15.1. The number of hydrogen-bond donors (Lipinski definition) is 0. The summed E-state index contributed by atoms with van der Waals surface area (Å²) >= 11 is 0. The van der Waals surface area contributed by atoms with Gasteiger partial charge in [0, 0.05) is 6.08 Å². The van der Waals surface area contributed by atoms with Gasteiger partial charge in [0.25, 0.3) is 0 Å². The van der Waals surface area contributed by atoms with E-state index in [1.165, 1.54) is 13.2 Å². The Labute approximate surface area is 119 Å². The molecule has 4 nitrogen and oxygen atoms in total. The first-order valence-electron chi connectivity index (χ1n) is 6.60. The lowest BCUT2D eigenvalue weighted by atomic mass is 9.89. The molecule has 1 aliphatic rings. The van der Waals surface area contributed by atoms with Crippen LogP contribution in [0.1, 0.15) is 44.4 Å². The summed E-state index contributed by atoms with van der Waals surface area (Å²) in [4.78, 5) is 11.1. The van der Waals surface area contributed by atoms with Gasteiger partial charge in [-0.05, 0) is 56.5 Å². The number of carbonyl (C=O) groups is 1. The minimum Gasteiger partial charge on any atom is -0.466 e. The molecular formula is C16H20NO3. The van der Waals surface area contributed by atoms with Gasteiger partial charge in [0.1, 0.15) is 0 Å². The van der Waals surface area contributed by atoms with E-state index in [0.717, 1.165) is 21.8 Å². The van der Waals surface area contributed by atoms with Crippen LogP contribution in [-0.4, -0.2) is 18.1 Å². The number of carbonyl (C=O) groups excluding carboxylic acids is 1. The number of nitrogens with zero attached hydrogens (tertiary/aromatic N) is 1. The second-order valence-electron chi connectivity index (χ2n) is 6.07. The minimum absolute atomic E-state index is 0.393. The maximum absolute atomic E-state index is 12.5. The average Bonchev–Trinajstić information content (AvgIpc) is 2.55. The predicted octanol–water partition coefficient (Wildman–Crippen LogP) is 3.00. The summed E-state index contributed by atoms with van der Waals surface area (Å²) in [5.74, 6) is -0.393. The summed E-state index contributed by atoms with van der Waals surface area (Å²) in [6.45, 7) is 7.69. The predicted molar refractivity (Wildman–Crippen MR) is 76.1 cm³/mol. The minimum atomic E-state index is -0.575. The highest BCUT2D eigenvalue weighted by atomic mass is 16.5. The van der Waals surface area contributed by atoms with Gasteiger partial charge in [-0.15, -0.1) is 10.3 Å². The van der Waals surface area contributed by atoms with Crippen molar-refractivity contribution in [2.24, 2.45) is 0 Å². The molecule has 1 aliphatic heterocycles. The average molecular weight is 274 g/mol. The van der Waals surface area contributed by atoms with Crippen LogP contribution >= 0.6 is 0 Å². The zero-order valence-corrected chi connectivity index (χ0v) is 12.6. The molecule has 0 fully saturated rings. The number of hydroxylamine groups is 2. The molecule has 0 saturated heterocycles. The van der Waals surface area contributed by atoms with Crippen LogP contribution in [0.25, 0.3) is 6.08 Å². The first-order chi connectivity index (χ1) is 9.21. The summed E-state index contributed by atoms with van der Waals surface area (Å²) in [6, 6.07) is 5.84. The molecule has 20 heavy (non-hydrogen) atoms. The molecule has 1 aromatic carbocycles. The normalized spacial score (nSPS) is 20.1. The maximum atomic E-state index is 12.5. The lowest BCUT2D eigenvalue weighted by molar-refractivity contribution is -0.266. The molecule has 0 aromatic heterocycles. The van der Waals surface area contributed by atoms with Gasteiger partial charge in [0.15, 0.2) is 0 Å². The molecule has 0 amide bonds. The number of rotatable bonds is 2. The standard InChI is InChI=1S/C16H20NO3/c1-15(2)12-8-6-11(7-9-14(18)20-5)10-13(12)16(3,4)17(15)19/h6-10H,1-5H3/b9-7+. The summed E-state index contributed by atoms with van der Waals surface area (Å²) in [5, 5.41) is 13.6. The number of ether oxygens (including phenoxy) is 1. The third-order valence-electron chi connectivity index (χ3n) is 3.99. The van der Waals surface area contributed by atoms with Crippen molar-refractivity contribution in [2.75, 3.05) is 7.11 Å². The molecule has 0 aliphatic carbocycles. The van der Waals surface area contributed by atoms with Crippen molar-refractivity contribution in [1.29, 1.82) is 0 Å². The summed E-state index contributed by atoms with van der Waals surface area (Å²) < 4.78 is 4.57. The van der Waals surface area contributed by atoms with Crippen LogP contribution in [0.15, 0.2) is 24.3 Å². The van der Waals surface area contributed by atoms with Gasteiger partial charge in [-0.25, -0.2) is 4.79 Å². The number of esters is 1. The Kier molecular flexibility index (Phi) is 3.48. The summed E-state index contributed by atoms with van der Waals surface area (Å²) in [6.07, 6.45) is 3.08. The van der Waals surface area contributed by atoms with E-state index in [2.05, 4.69) is 4.74 Å². The highest BCUT2D eigenvalue weighted by Crippen LogP contribution is 2.48. The van der Waals surface area contributed by atoms with E-state index in [-0.39, 0.29) is 0 Å². The van der Waals surface area contributed by atoms with Crippen molar-refractivity contribution in [3.63, 3.8) is 0 Å². The smallest absolute Gasteiger partial charge is 0.330 e. The van der Waals surface area contributed by atoms with Gasteiger partial charge in [-0.1, -0.05) is 12.1 Å². The highest BCUT2D eigenvalue weighted by molar-refractivity contribution is 5.87. The van der Waals surface area contributed by atoms with E-state index >= 15 is 0 Å². The quantitative estimate of drug-likeness (QED) is 0.615. The van der Waals surface area contributed by atoms with Crippen molar-refractivity contribution < 1.29 is 14.7 Å². The van der Waals surface area contributed by atoms with E-state index < -0.39 is 17.0 Å². The van der Waals surface area contributed by atoms with Crippen LogP contribution in [0.4, 0.5) is 0 Å². The van der Waals surface area contributed by atoms with E-state index in [4.69, 9.17) is 0 Å². The van der Waals surface area contributed by atoms with Crippen LogP contribution in [0, 0.1) is 0 Å². The molecule has 0 unspecified atom stereocenters. The molecule has 107 valence electrons. The Hall–Kier alpha value is -1.65. The van der Waals surface area contributed by atoms with Gasteiger partial charge in [0.05, 0.1) is 18.2 Å². The third kappa shape index (κ3) is 2.15. The third-order valence-corrected chi connectivity index (χ3v) is 3.99. The second kappa shape index (κ2) is 4.72. The molecule has 0 spiro atoms.